The van der Waals surface area contributed by atoms with E-state index in [4.69, 9.17) is 11.6 Å². The highest BCUT2D eigenvalue weighted by Crippen LogP contribution is 2.22. The van der Waals surface area contributed by atoms with Crippen LogP contribution in [0.5, 0.6) is 0 Å². The summed E-state index contributed by atoms with van der Waals surface area (Å²) in [6.07, 6.45) is 5.03. The number of aromatic nitrogens is 1. The van der Waals surface area contributed by atoms with Gasteiger partial charge in [-0.1, -0.05) is 32.8 Å². The minimum atomic E-state index is 0.216. The molecule has 1 rings (SSSR count). The lowest BCUT2D eigenvalue weighted by Crippen LogP contribution is -2.17. The van der Waals surface area contributed by atoms with Gasteiger partial charge in [-0.25, -0.2) is 0 Å². The first-order valence-corrected chi connectivity index (χ1v) is 6.17. The molecule has 1 aromatic rings. The van der Waals surface area contributed by atoms with E-state index in [1.54, 1.807) is 0 Å². The normalized spacial score (nSPS) is 13.1. The minimum Gasteiger partial charge on any atom is -0.261 e. The maximum atomic E-state index is 6.41. The van der Waals surface area contributed by atoms with Gasteiger partial charge in [0.05, 0.1) is 0 Å². The molecule has 0 saturated carbocycles. The summed E-state index contributed by atoms with van der Waals surface area (Å²) in [5.41, 5.74) is 2.39. The molecule has 1 atom stereocenters. The van der Waals surface area contributed by atoms with Gasteiger partial charge in [-0.05, 0) is 24.5 Å². The molecule has 0 aliphatic heterocycles. The number of aryl methyl sites for hydroxylation is 1. The molecule has 0 aromatic carbocycles. The fourth-order valence-corrected chi connectivity index (χ4v) is 2.39. The molecule has 2 heteroatoms. The Balaban J connectivity index is 2.65. The molecule has 0 amide bonds. The third-order valence-corrected chi connectivity index (χ3v) is 3.58. The van der Waals surface area contributed by atoms with E-state index in [1.165, 1.54) is 5.56 Å². The summed E-state index contributed by atoms with van der Waals surface area (Å²) in [6, 6.07) is 4.07. The Labute approximate surface area is 97.9 Å². The number of hydrogen-bond donors (Lipinski definition) is 0. The van der Waals surface area contributed by atoms with E-state index >= 15 is 0 Å². The second-order valence-electron chi connectivity index (χ2n) is 4.06. The SMILES string of the molecule is CCC(CC)C(Cl)Cc1ncccc1C. The van der Waals surface area contributed by atoms with Crippen LogP contribution >= 0.6 is 11.6 Å². The van der Waals surface area contributed by atoms with Gasteiger partial charge < -0.3 is 0 Å². The fraction of sp³-hybridized carbons (Fsp3) is 0.615. The molecule has 0 aliphatic rings. The molecule has 15 heavy (non-hydrogen) atoms. The van der Waals surface area contributed by atoms with Crippen molar-refractivity contribution >= 4 is 11.6 Å². The van der Waals surface area contributed by atoms with E-state index in [0.717, 1.165) is 25.0 Å². The number of alkyl halides is 1. The van der Waals surface area contributed by atoms with Gasteiger partial charge in [-0.2, -0.15) is 0 Å². The van der Waals surface area contributed by atoms with Crippen molar-refractivity contribution in [3.8, 4) is 0 Å². The van der Waals surface area contributed by atoms with Crippen molar-refractivity contribution in [3.63, 3.8) is 0 Å². The second kappa shape index (κ2) is 6.12. The Morgan fingerprint density at radius 3 is 2.53 bits per heavy atom. The predicted octanol–water partition coefficient (Wildman–Crippen LogP) is 3.98. The average Bonchev–Trinajstić information content (AvgIpc) is 2.23. The zero-order chi connectivity index (χ0) is 11.3. The fourth-order valence-electron chi connectivity index (χ4n) is 1.88. The predicted molar refractivity (Wildman–Crippen MR) is 66.4 cm³/mol. The average molecular weight is 226 g/mol. The Morgan fingerprint density at radius 1 is 1.33 bits per heavy atom. The highest BCUT2D eigenvalue weighted by Gasteiger charge is 2.17. The number of rotatable bonds is 5. The number of pyridine rings is 1. The van der Waals surface area contributed by atoms with Crippen LogP contribution in [-0.2, 0) is 6.42 Å². The number of halogens is 1. The van der Waals surface area contributed by atoms with E-state index in [2.05, 4.69) is 31.8 Å². The van der Waals surface area contributed by atoms with Crippen LogP contribution in [0.3, 0.4) is 0 Å². The minimum absolute atomic E-state index is 0.216. The lowest BCUT2D eigenvalue weighted by molar-refractivity contribution is 0.461. The lowest BCUT2D eigenvalue weighted by atomic mass is 9.95. The monoisotopic (exact) mass is 225 g/mol. The van der Waals surface area contributed by atoms with Gasteiger partial charge in [0.2, 0.25) is 0 Å². The van der Waals surface area contributed by atoms with Crippen LogP contribution in [0.15, 0.2) is 18.3 Å². The van der Waals surface area contributed by atoms with Gasteiger partial charge in [0, 0.05) is 23.7 Å². The molecule has 1 aromatic heterocycles. The summed E-state index contributed by atoms with van der Waals surface area (Å²) in [5.74, 6) is 0.605. The van der Waals surface area contributed by atoms with Crippen LogP contribution < -0.4 is 0 Å². The summed E-state index contributed by atoms with van der Waals surface area (Å²) in [4.78, 5) is 4.38. The lowest BCUT2D eigenvalue weighted by Gasteiger charge is -2.19. The first kappa shape index (κ1) is 12.5. The zero-order valence-corrected chi connectivity index (χ0v) is 10.6. The third-order valence-electron chi connectivity index (χ3n) is 3.07. The van der Waals surface area contributed by atoms with Gasteiger partial charge in [0.25, 0.3) is 0 Å². The van der Waals surface area contributed by atoms with Crippen molar-refractivity contribution in [2.75, 3.05) is 0 Å². The standard InChI is InChI=1S/C13H20ClN/c1-4-11(5-2)12(14)9-13-10(3)7-6-8-15-13/h6-8,11-12H,4-5,9H2,1-3H3. The van der Waals surface area contributed by atoms with Gasteiger partial charge in [-0.15, -0.1) is 11.6 Å². The molecule has 1 unspecified atom stereocenters. The Morgan fingerprint density at radius 2 is 2.00 bits per heavy atom. The molecular formula is C13H20ClN. The molecule has 0 radical (unpaired) electrons. The van der Waals surface area contributed by atoms with Crippen molar-refractivity contribution in [1.82, 2.24) is 4.98 Å². The molecule has 0 saturated heterocycles. The summed E-state index contributed by atoms with van der Waals surface area (Å²) in [6.45, 7) is 6.50. The zero-order valence-electron chi connectivity index (χ0n) is 9.83. The van der Waals surface area contributed by atoms with E-state index in [0.29, 0.717) is 5.92 Å². The van der Waals surface area contributed by atoms with Gasteiger partial charge >= 0.3 is 0 Å². The molecule has 1 heterocycles. The van der Waals surface area contributed by atoms with Crippen LogP contribution in [0.2, 0.25) is 0 Å². The molecule has 84 valence electrons. The van der Waals surface area contributed by atoms with Gasteiger partial charge in [0.15, 0.2) is 0 Å². The molecular weight excluding hydrogens is 206 g/mol. The maximum Gasteiger partial charge on any atom is 0.0447 e. The molecule has 0 aliphatic carbocycles. The van der Waals surface area contributed by atoms with Crippen molar-refractivity contribution < 1.29 is 0 Å². The largest absolute Gasteiger partial charge is 0.261 e. The van der Waals surface area contributed by atoms with E-state index in [1.807, 2.05) is 12.3 Å². The maximum absolute atomic E-state index is 6.41. The quantitative estimate of drug-likeness (QED) is 0.691. The summed E-state index contributed by atoms with van der Waals surface area (Å²) >= 11 is 6.41. The highest BCUT2D eigenvalue weighted by molar-refractivity contribution is 6.20. The molecule has 0 N–H and O–H groups in total. The Kier molecular flexibility index (Phi) is 5.10. The van der Waals surface area contributed by atoms with Crippen LogP contribution in [0, 0.1) is 12.8 Å². The van der Waals surface area contributed by atoms with Crippen molar-refractivity contribution in [2.45, 2.75) is 45.4 Å². The Bertz CT molecular complexity index is 294. The van der Waals surface area contributed by atoms with E-state index < -0.39 is 0 Å². The molecule has 0 fully saturated rings. The first-order chi connectivity index (χ1) is 7.19. The summed E-state index contributed by atoms with van der Waals surface area (Å²) in [7, 11) is 0. The van der Waals surface area contributed by atoms with Crippen LogP contribution in [0.1, 0.15) is 37.9 Å². The van der Waals surface area contributed by atoms with Gasteiger partial charge in [0.1, 0.15) is 0 Å². The van der Waals surface area contributed by atoms with Gasteiger partial charge in [-0.3, -0.25) is 4.98 Å². The van der Waals surface area contributed by atoms with Crippen LogP contribution in [0.4, 0.5) is 0 Å². The van der Waals surface area contributed by atoms with Crippen molar-refractivity contribution in [3.05, 3.63) is 29.6 Å². The van der Waals surface area contributed by atoms with E-state index in [-0.39, 0.29) is 5.38 Å². The second-order valence-corrected chi connectivity index (χ2v) is 4.62. The molecule has 1 nitrogen and oxygen atoms in total. The smallest absolute Gasteiger partial charge is 0.0447 e. The topological polar surface area (TPSA) is 12.9 Å². The van der Waals surface area contributed by atoms with E-state index in [9.17, 15) is 0 Å². The van der Waals surface area contributed by atoms with Crippen molar-refractivity contribution in [1.29, 1.82) is 0 Å². The summed E-state index contributed by atoms with van der Waals surface area (Å²) in [5, 5.41) is 0.216. The highest BCUT2D eigenvalue weighted by atomic mass is 35.5. The first-order valence-electron chi connectivity index (χ1n) is 5.73. The van der Waals surface area contributed by atoms with Crippen molar-refractivity contribution in [2.24, 2.45) is 5.92 Å². The third kappa shape index (κ3) is 3.49. The summed E-state index contributed by atoms with van der Waals surface area (Å²) < 4.78 is 0. The molecule has 0 bridgehead atoms. The number of nitrogens with zero attached hydrogens (tertiary/aromatic N) is 1. The van der Waals surface area contributed by atoms with Crippen LogP contribution in [-0.4, -0.2) is 10.4 Å². The number of hydrogen-bond acceptors (Lipinski definition) is 1. The molecule has 0 spiro atoms. The van der Waals surface area contributed by atoms with Crippen LogP contribution in [0.25, 0.3) is 0 Å². The Hall–Kier alpha value is -0.560.